The molecule has 2 fully saturated rings. The van der Waals surface area contributed by atoms with Crippen molar-refractivity contribution < 1.29 is 23.9 Å². The van der Waals surface area contributed by atoms with E-state index in [0.29, 0.717) is 0 Å². The molecule has 0 aromatic heterocycles. The Balaban J connectivity index is 1.79. The first-order chi connectivity index (χ1) is 11.8. The molecule has 6 nitrogen and oxygen atoms in total. The van der Waals surface area contributed by atoms with Crippen LogP contribution in [0.25, 0.3) is 0 Å². The van der Waals surface area contributed by atoms with E-state index < -0.39 is 29.0 Å². The number of nitrogens with zero attached hydrogens (tertiary/aromatic N) is 1. The maximum absolute atomic E-state index is 13.1. The van der Waals surface area contributed by atoms with Crippen LogP contribution in [0.5, 0.6) is 0 Å². The Hall–Kier alpha value is -2.47. The number of hydrogen-bond donors (Lipinski definition) is 0. The second-order valence-electron chi connectivity index (χ2n) is 7.01. The van der Waals surface area contributed by atoms with Gasteiger partial charge in [0.25, 0.3) is 0 Å². The summed E-state index contributed by atoms with van der Waals surface area (Å²) in [5.74, 6) is -2.37. The predicted octanol–water partition coefficient (Wildman–Crippen LogP) is 2.09. The smallest absolute Gasteiger partial charge is 0.340 e. The fourth-order valence-electron chi connectivity index (χ4n) is 4.32. The Kier molecular flexibility index (Phi) is 3.22. The lowest BCUT2D eigenvalue weighted by Gasteiger charge is -2.26. The van der Waals surface area contributed by atoms with Gasteiger partial charge in [0, 0.05) is 0 Å². The maximum Gasteiger partial charge on any atom is 0.340 e. The zero-order valence-electron chi connectivity index (χ0n) is 14.3. The van der Waals surface area contributed by atoms with E-state index in [0.717, 1.165) is 4.90 Å². The molecule has 0 saturated carbocycles. The average molecular weight is 341 g/mol. The van der Waals surface area contributed by atoms with Crippen molar-refractivity contribution in [1.82, 2.24) is 0 Å². The normalized spacial score (nSPS) is 35.4. The minimum Gasteiger partial charge on any atom is -0.462 e. The summed E-state index contributed by atoms with van der Waals surface area (Å²) in [6.45, 7) is 5.57. The summed E-state index contributed by atoms with van der Waals surface area (Å²) in [7, 11) is 0. The first-order valence-corrected chi connectivity index (χ1v) is 8.37. The summed E-state index contributed by atoms with van der Waals surface area (Å²) in [4.78, 5) is 39.6. The van der Waals surface area contributed by atoms with Crippen molar-refractivity contribution in [3.63, 3.8) is 0 Å². The van der Waals surface area contributed by atoms with Crippen LogP contribution >= 0.6 is 0 Å². The number of imide groups is 1. The number of rotatable bonds is 3. The van der Waals surface area contributed by atoms with Crippen molar-refractivity contribution in [3.05, 3.63) is 42.0 Å². The third-order valence-corrected chi connectivity index (χ3v) is 5.37. The number of benzene rings is 1. The number of carbonyl (C=O) groups excluding carboxylic acids is 3. The summed E-state index contributed by atoms with van der Waals surface area (Å²) in [5, 5.41) is 0. The van der Waals surface area contributed by atoms with Gasteiger partial charge in [0.15, 0.2) is 0 Å². The van der Waals surface area contributed by atoms with Gasteiger partial charge < -0.3 is 9.47 Å². The molecule has 0 spiro atoms. The SMILES string of the molecule is CCOC(=O)c1ccccc1N1C(=O)[C@@H]2[C@@H](C1=O)[C@@]1(C)C=C[C@@]2(C)O1. The van der Waals surface area contributed by atoms with Gasteiger partial charge in [0.1, 0.15) is 0 Å². The van der Waals surface area contributed by atoms with Crippen molar-refractivity contribution in [2.75, 3.05) is 11.5 Å². The molecule has 0 radical (unpaired) electrons. The Morgan fingerprint density at radius 3 is 2.24 bits per heavy atom. The third-order valence-electron chi connectivity index (χ3n) is 5.37. The molecule has 2 bridgehead atoms. The van der Waals surface area contributed by atoms with Crippen molar-refractivity contribution in [1.29, 1.82) is 0 Å². The topological polar surface area (TPSA) is 72.9 Å². The van der Waals surface area contributed by atoms with Gasteiger partial charge in [0.05, 0.1) is 40.9 Å². The van der Waals surface area contributed by atoms with E-state index in [4.69, 9.17) is 9.47 Å². The summed E-state index contributed by atoms with van der Waals surface area (Å²) in [6, 6.07) is 6.54. The van der Waals surface area contributed by atoms with Crippen molar-refractivity contribution in [2.24, 2.45) is 11.8 Å². The van der Waals surface area contributed by atoms with Gasteiger partial charge in [-0.2, -0.15) is 0 Å². The average Bonchev–Trinajstić information content (AvgIpc) is 3.12. The molecule has 1 aromatic rings. The van der Waals surface area contributed by atoms with Gasteiger partial charge in [-0.05, 0) is 32.9 Å². The second-order valence-corrected chi connectivity index (χ2v) is 7.01. The van der Waals surface area contributed by atoms with Crippen LogP contribution in [-0.2, 0) is 19.1 Å². The number of fused-ring (bicyclic) bond motifs is 5. The Labute approximate surface area is 145 Å². The van der Waals surface area contributed by atoms with Crippen LogP contribution in [0.15, 0.2) is 36.4 Å². The fourth-order valence-corrected chi connectivity index (χ4v) is 4.32. The maximum atomic E-state index is 13.1. The van der Waals surface area contributed by atoms with Crippen LogP contribution < -0.4 is 4.90 Å². The second kappa shape index (κ2) is 5.02. The van der Waals surface area contributed by atoms with Crippen LogP contribution in [0, 0.1) is 11.8 Å². The molecule has 3 aliphatic rings. The molecule has 0 unspecified atom stereocenters. The molecule has 3 aliphatic heterocycles. The van der Waals surface area contributed by atoms with Gasteiger partial charge in [-0.1, -0.05) is 24.3 Å². The largest absolute Gasteiger partial charge is 0.462 e. The minimum atomic E-state index is -0.792. The van der Waals surface area contributed by atoms with Gasteiger partial charge in [-0.25, -0.2) is 9.69 Å². The van der Waals surface area contributed by atoms with Crippen LogP contribution in [0.2, 0.25) is 0 Å². The summed E-state index contributed by atoms with van der Waals surface area (Å²) >= 11 is 0. The monoisotopic (exact) mass is 341 g/mol. The van der Waals surface area contributed by atoms with Gasteiger partial charge in [0.2, 0.25) is 11.8 Å². The molecule has 2 amide bonds. The molecule has 0 aliphatic carbocycles. The lowest BCUT2D eigenvalue weighted by atomic mass is 9.73. The van der Waals surface area contributed by atoms with Crippen molar-refractivity contribution in [2.45, 2.75) is 32.0 Å². The van der Waals surface area contributed by atoms with E-state index in [1.54, 1.807) is 31.2 Å². The first kappa shape index (κ1) is 16.0. The molecule has 6 heteroatoms. The number of esters is 1. The van der Waals surface area contributed by atoms with Crippen molar-refractivity contribution in [3.8, 4) is 0 Å². The van der Waals surface area contributed by atoms with Crippen molar-refractivity contribution >= 4 is 23.5 Å². The van der Waals surface area contributed by atoms with Crippen LogP contribution in [0.1, 0.15) is 31.1 Å². The highest BCUT2D eigenvalue weighted by Crippen LogP contribution is 2.57. The zero-order valence-corrected chi connectivity index (χ0v) is 14.3. The quantitative estimate of drug-likeness (QED) is 0.478. The Morgan fingerprint density at radius 2 is 1.68 bits per heavy atom. The molecule has 130 valence electrons. The highest BCUT2D eigenvalue weighted by atomic mass is 16.5. The molecule has 1 aromatic carbocycles. The Morgan fingerprint density at radius 1 is 1.12 bits per heavy atom. The molecule has 0 N–H and O–H groups in total. The van der Waals surface area contributed by atoms with E-state index in [1.165, 1.54) is 0 Å². The predicted molar refractivity (Wildman–Crippen MR) is 88.9 cm³/mol. The molecule has 4 atom stereocenters. The fraction of sp³-hybridized carbons (Fsp3) is 0.421. The first-order valence-electron chi connectivity index (χ1n) is 8.37. The standard InChI is InChI=1S/C19H19NO5/c1-4-24-17(23)11-7-5-6-8-12(11)20-15(21)13-14(16(20)22)19(3)10-9-18(13,2)25-19/h5-10,13-14H,4H2,1-3H3/t13-,14-,18+,19+/m0/s1. The van der Waals surface area contributed by atoms with Crippen LogP contribution in [0.3, 0.4) is 0 Å². The van der Waals surface area contributed by atoms with E-state index in [2.05, 4.69) is 0 Å². The summed E-state index contributed by atoms with van der Waals surface area (Å²) in [5.41, 5.74) is -1.10. The molecule has 3 heterocycles. The third kappa shape index (κ3) is 1.97. The van der Waals surface area contributed by atoms with Gasteiger partial charge in [-0.3, -0.25) is 9.59 Å². The lowest BCUT2D eigenvalue weighted by Crippen LogP contribution is -2.40. The summed E-state index contributed by atoms with van der Waals surface area (Å²) in [6.07, 6.45) is 3.72. The molecular weight excluding hydrogens is 322 g/mol. The van der Waals surface area contributed by atoms with Crippen LogP contribution in [-0.4, -0.2) is 35.6 Å². The van der Waals surface area contributed by atoms with Gasteiger partial charge >= 0.3 is 5.97 Å². The lowest BCUT2D eigenvalue weighted by molar-refractivity contribution is -0.128. The molecular formula is C19H19NO5. The van der Waals surface area contributed by atoms with E-state index >= 15 is 0 Å². The number of para-hydroxylation sites is 1. The van der Waals surface area contributed by atoms with Crippen LogP contribution in [0.4, 0.5) is 5.69 Å². The molecule has 4 rings (SSSR count). The molecule has 25 heavy (non-hydrogen) atoms. The van der Waals surface area contributed by atoms with E-state index in [-0.39, 0.29) is 29.7 Å². The summed E-state index contributed by atoms with van der Waals surface area (Å²) < 4.78 is 11.0. The van der Waals surface area contributed by atoms with Gasteiger partial charge in [-0.15, -0.1) is 0 Å². The number of ether oxygens (including phenoxy) is 2. The number of anilines is 1. The van der Waals surface area contributed by atoms with E-state index in [1.807, 2.05) is 26.0 Å². The highest BCUT2D eigenvalue weighted by molar-refractivity contribution is 6.25. The molecule has 2 saturated heterocycles. The zero-order chi connectivity index (χ0) is 18.0. The number of amides is 2. The highest BCUT2D eigenvalue weighted by Gasteiger charge is 2.70. The number of hydrogen-bond acceptors (Lipinski definition) is 5. The number of carbonyl (C=O) groups is 3. The van der Waals surface area contributed by atoms with E-state index in [9.17, 15) is 14.4 Å². The Bertz CT molecular complexity index is 795. The minimum absolute atomic E-state index is 0.211.